The van der Waals surface area contributed by atoms with Crippen LogP contribution in [0, 0.1) is 0 Å². The first-order valence-corrected chi connectivity index (χ1v) is 3.28. The zero-order valence-electron chi connectivity index (χ0n) is 6.52. The summed E-state index contributed by atoms with van der Waals surface area (Å²) in [7, 11) is 0. The van der Waals surface area contributed by atoms with Crippen molar-refractivity contribution in [1.29, 1.82) is 0 Å². The van der Waals surface area contributed by atoms with E-state index in [0.29, 0.717) is 0 Å². The molecule has 3 atom stereocenters. The van der Waals surface area contributed by atoms with Crippen molar-refractivity contribution in [2.45, 2.75) is 39.5 Å². The van der Waals surface area contributed by atoms with Gasteiger partial charge in [0.1, 0.15) is 18.7 Å². The van der Waals surface area contributed by atoms with Crippen LogP contribution in [0.3, 0.4) is 0 Å². The van der Waals surface area contributed by atoms with Crippen LogP contribution in [0.4, 0.5) is 0 Å². The molecule has 0 amide bonds. The molecule has 0 fully saturated rings. The minimum atomic E-state index is -0.833. The third kappa shape index (κ3) is 5.67. The summed E-state index contributed by atoms with van der Waals surface area (Å²) in [5.74, 6) is 0. The molecule has 3 unspecified atom stereocenters. The molecule has 0 spiro atoms. The van der Waals surface area contributed by atoms with Gasteiger partial charge < -0.3 is 15.3 Å². The van der Waals surface area contributed by atoms with Gasteiger partial charge in [-0.15, -0.1) is 0 Å². The molecular weight excluding hydrogens is 173 g/mol. The van der Waals surface area contributed by atoms with Gasteiger partial charge in [-0.3, -0.25) is 0 Å². The number of nitrogens with zero attached hydrogens (tertiary/aromatic N) is 1. The van der Waals surface area contributed by atoms with Gasteiger partial charge in [0.05, 0.1) is 0 Å². The Balaban J connectivity index is 0. The maximum absolute atomic E-state index is 8.96. The third-order valence-corrected chi connectivity index (χ3v) is 1.29. The Morgan fingerprint density at radius 2 is 1.00 bits per heavy atom. The summed E-state index contributed by atoms with van der Waals surface area (Å²) in [5, 5.41) is 26.9. The number of rotatable bonds is 3. The number of aliphatic hydroxyl groups excluding tert-OH is 3. The second-order valence-corrected chi connectivity index (χ2v) is 2.34. The average molecular weight is 189 g/mol. The molecule has 3 N–H and O–H groups in total. The molecule has 0 aromatic heterocycles. The molecule has 0 aliphatic rings. The van der Waals surface area contributed by atoms with Crippen LogP contribution in [0.5, 0.6) is 0 Å². The van der Waals surface area contributed by atoms with Gasteiger partial charge in [-0.1, -0.05) is 0 Å². The van der Waals surface area contributed by atoms with Crippen molar-refractivity contribution in [2.75, 3.05) is 0 Å². The maximum atomic E-state index is 8.96. The molecule has 0 bridgehead atoms. The minimum absolute atomic E-state index is 0. The molecule has 0 aliphatic heterocycles. The first-order chi connectivity index (χ1) is 4.46. The monoisotopic (exact) mass is 189 g/mol. The molecule has 0 aromatic rings. The Bertz CT molecular complexity index is 78.8. The molecular formula is C6H16KNO3. The van der Waals surface area contributed by atoms with Crippen molar-refractivity contribution in [2.24, 2.45) is 0 Å². The van der Waals surface area contributed by atoms with E-state index in [1.54, 1.807) is 0 Å². The first kappa shape index (κ1) is 15.0. The van der Waals surface area contributed by atoms with Gasteiger partial charge in [0.2, 0.25) is 0 Å². The number of hydrogen-bond acceptors (Lipinski definition) is 4. The summed E-state index contributed by atoms with van der Waals surface area (Å²) in [4.78, 5) is 1.17. The molecule has 64 valence electrons. The van der Waals surface area contributed by atoms with Gasteiger partial charge >= 0.3 is 51.4 Å². The topological polar surface area (TPSA) is 63.9 Å². The van der Waals surface area contributed by atoms with Crippen LogP contribution in [0.15, 0.2) is 0 Å². The average Bonchev–Trinajstić information content (AvgIpc) is 1.59. The SMILES string of the molecule is CC(O)N(C(C)O)C(C)O.[KH]. The Morgan fingerprint density at radius 3 is 1.00 bits per heavy atom. The van der Waals surface area contributed by atoms with Crippen molar-refractivity contribution in [3.8, 4) is 0 Å². The van der Waals surface area contributed by atoms with E-state index >= 15 is 0 Å². The molecule has 0 radical (unpaired) electrons. The predicted molar refractivity (Wildman–Crippen MR) is 44.0 cm³/mol. The van der Waals surface area contributed by atoms with Crippen LogP contribution < -0.4 is 0 Å². The van der Waals surface area contributed by atoms with Crippen LogP contribution in [0.2, 0.25) is 0 Å². The molecule has 0 rings (SSSR count). The van der Waals surface area contributed by atoms with Crippen LogP contribution >= 0.6 is 0 Å². The molecule has 0 aliphatic carbocycles. The summed E-state index contributed by atoms with van der Waals surface area (Å²) in [6, 6.07) is 0. The Labute approximate surface area is 110 Å². The van der Waals surface area contributed by atoms with E-state index in [9.17, 15) is 0 Å². The fourth-order valence-corrected chi connectivity index (χ4v) is 0.937. The normalized spacial score (nSPS) is 18.8. The molecule has 5 heteroatoms. The van der Waals surface area contributed by atoms with Gasteiger partial charge in [0.25, 0.3) is 0 Å². The summed E-state index contributed by atoms with van der Waals surface area (Å²) < 4.78 is 0. The zero-order chi connectivity index (χ0) is 8.31. The predicted octanol–water partition coefficient (Wildman–Crippen LogP) is -1.35. The summed E-state index contributed by atoms with van der Waals surface area (Å²) in [6.07, 6.45) is -2.50. The number of hydrogen-bond donors (Lipinski definition) is 3. The Morgan fingerprint density at radius 1 is 0.818 bits per heavy atom. The van der Waals surface area contributed by atoms with Crippen molar-refractivity contribution in [1.82, 2.24) is 4.90 Å². The second-order valence-electron chi connectivity index (χ2n) is 2.34. The van der Waals surface area contributed by atoms with Crippen molar-refractivity contribution >= 4 is 51.4 Å². The van der Waals surface area contributed by atoms with Gasteiger partial charge in [-0.25, -0.2) is 4.90 Å². The summed E-state index contributed by atoms with van der Waals surface area (Å²) in [6.45, 7) is 4.46. The molecule has 11 heavy (non-hydrogen) atoms. The van der Waals surface area contributed by atoms with Crippen molar-refractivity contribution < 1.29 is 15.3 Å². The Kier molecular flexibility index (Phi) is 9.44. The molecule has 0 saturated heterocycles. The second kappa shape index (κ2) is 6.94. The number of aliphatic hydroxyl groups is 3. The molecule has 0 saturated carbocycles. The van der Waals surface area contributed by atoms with E-state index in [4.69, 9.17) is 15.3 Å². The van der Waals surface area contributed by atoms with Gasteiger partial charge in [-0.2, -0.15) is 0 Å². The Hall–Kier alpha value is 1.48. The quantitative estimate of drug-likeness (QED) is 0.380. The summed E-state index contributed by atoms with van der Waals surface area (Å²) in [5.41, 5.74) is 0. The van der Waals surface area contributed by atoms with E-state index in [1.165, 1.54) is 25.7 Å². The van der Waals surface area contributed by atoms with Crippen LogP contribution in [0.25, 0.3) is 0 Å². The van der Waals surface area contributed by atoms with Gasteiger partial charge in [0.15, 0.2) is 0 Å². The van der Waals surface area contributed by atoms with Crippen LogP contribution in [-0.4, -0.2) is 90.3 Å². The standard InChI is InChI=1S/C6H15NO3.K.H/c1-4(8)7(5(2)9)6(3)10;;/h4-6,8-10H,1-3H3;;. The van der Waals surface area contributed by atoms with E-state index in [-0.39, 0.29) is 51.4 Å². The molecule has 0 aromatic carbocycles. The van der Waals surface area contributed by atoms with Gasteiger partial charge in [0, 0.05) is 0 Å². The van der Waals surface area contributed by atoms with Crippen LogP contribution in [0.1, 0.15) is 20.8 Å². The molecule has 4 nitrogen and oxygen atoms in total. The van der Waals surface area contributed by atoms with E-state index in [0.717, 1.165) is 0 Å². The van der Waals surface area contributed by atoms with E-state index < -0.39 is 18.7 Å². The first-order valence-electron chi connectivity index (χ1n) is 3.28. The van der Waals surface area contributed by atoms with Crippen LogP contribution in [-0.2, 0) is 0 Å². The third-order valence-electron chi connectivity index (χ3n) is 1.29. The van der Waals surface area contributed by atoms with Crippen molar-refractivity contribution in [3.05, 3.63) is 0 Å². The van der Waals surface area contributed by atoms with Gasteiger partial charge in [-0.05, 0) is 20.8 Å². The zero-order valence-corrected chi connectivity index (χ0v) is 6.52. The summed E-state index contributed by atoms with van der Waals surface area (Å²) >= 11 is 0. The van der Waals surface area contributed by atoms with E-state index in [1.807, 2.05) is 0 Å². The van der Waals surface area contributed by atoms with E-state index in [2.05, 4.69) is 0 Å². The molecule has 0 heterocycles. The fourth-order valence-electron chi connectivity index (χ4n) is 0.937. The van der Waals surface area contributed by atoms with Crippen molar-refractivity contribution in [3.63, 3.8) is 0 Å². The fraction of sp³-hybridized carbons (Fsp3) is 1.00.